The molecular weight excluding hydrogens is 206 g/mol. The number of aromatic amines is 1. The molecule has 0 amide bonds. The number of hydrogen-bond donors (Lipinski definition) is 4. The van der Waals surface area contributed by atoms with E-state index in [1.807, 2.05) is 0 Å². The molecule has 0 spiro atoms. The molecule has 0 bridgehead atoms. The zero-order valence-corrected chi connectivity index (χ0v) is 8.40. The Hall–Kier alpha value is -2.50. The lowest BCUT2D eigenvalue weighted by molar-refractivity contribution is 1.08. The zero-order chi connectivity index (χ0) is 11.5. The van der Waals surface area contributed by atoms with Gasteiger partial charge in [-0.3, -0.25) is 4.98 Å². The lowest BCUT2D eigenvalue weighted by Crippen LogP contribution is -2.11. The standard InChI is InChI=1S/C10H11N5O/c11-6-1-2-8(7(12)5-6)14-9-3-4-13-10(16)15-9/h1-5H,11-12H2,(H2,13,14,15,16). The van der Waals surface area contributed by atoms with Gasteiger partial charge in [0.1, 0.15) is 5.82 Å². The molecule has 1 aromatic carbocycles. The predicted molar refractivity (Wildman–Crippen MR) is 63.4 cm³/mol. The van der Waals surface area contributed by atoms with E-state index in [1.54, 1.807) is 24.3 Å². The van der Waals surface area contributed by atoms with E-state index in [-0.39, 0.29) is 0 Å². The van der Waals surface area contributed by atoms with E-state index in [0.717, 1.165) is 0 Å². The molecule has 6 N–H and O–H groups in total. The summed E-state index contributed by atoms with van der Waals surface area (Å²) in [5.41, 5.74) is 12.7. The fourth-order valence-corrected chi connectivity index (χ4v) is 1.28. The summed E-state index contributed by atoms with van der Waals surface area (Å²) in [5.74, 6) is 0.525. The fourth-order valence-electron chi connectivity index (χ4n) is 1.28. The number of aromatic nitrogens is 2. The van der Waals surface area contributed by atoms with Gasteiger partial charge in [-0.05, 0) is 24.3 Å². The van der Waals surface area contributed by atoms with Crippen LogP contribution in [0.1, 0.15) is 0 Å². The highest BCUT2D eigenvalue weighted by molar-refractivity contribution is 5.74. The molecule has 0 radical (unpaired) electrons. The monoisotopic (exact) mass is 217 g/mol. The number of nitrogens with zero attached hydrogens (tertiary/aromatic N) is 1. The number of nitrogen functional groups attached to an aromatic ring is 2. The quantitative estimate of drug-likeness (QED) is 0.553. The van der Waals surface area contributed by atoms with Gasteiger partial charge in [0, 0.05) is 11.9 Å². The number of H-pyrrole nitrogens is 1. The van der Waals surface area contributed by atoms with E-state index in [2.05, 4.69) is 15.3 Å². The molecule has 6 nitrogen and oxygen atoms in total. The summed E-state index contributed by atoms with van der Waals surface area (Å²) in [5, 5.41) is 2.96. The number of anilines is 4. The minimum absolute atomic E-state index is 0.418. The Morgan fingerprint density at radius 1 is 1.25 bits per heavy atom. The highest BCUT2D eigenvalue weighted by Gasteiger charge is 2.00. The summed E-state index contributed by atoms with van der Waals surface area (Å²) >= 11 is 0. The number of benzene rings is 1. The topological polar surface area (TPSA) is 110 Å². The molecule has 0 saturated heterocycles. The van der Waals surface area contributed by atoms with Gasteiger partial charge in [-0.1, -0.05) is 0 Å². The molecule has 2 rings (SSSR count). The molecule has 82 valence electrons. The molecule has 0 atom stereocenters. The lowest BCUT2D eigenvalue weighted by Gasteiger charge is -2.08. The maximum atomic E-state index is 11.0. The van der Waals surface area contributed by atoms with Crippen molar-refractivity contribution < 1.29 is 0 Å². The maximum absolute atomic E-state index is 11.0. The predicted octanol–water partition coefficient (Wildman–Crippen LogP) is 0.678. The van der Waals surface area contributed by atoms with Crippen LogP contribution in [0.3, 0.4) is 0 Å². The second kappa shape index (κ2) is 3.93. The number of hydrogen-bond acceptors (Lipinski definition) is 5. The molecule has 0 fully saturated rings. The van der Waals surface area contributed by atoms with Crippen molar-refractivity contribution in [2.45, 2.75) is 0 Å². The molecule has 1 heterocycles. The van der Waals surface area contributed by atoms with E-state index in [0.29, 0.717) is 22.9 Å². The van der Waals surface area contributed by atoms with Gasteiger partial charge in [0.25, 0.3) is 0 Å². The molecule has 0 unspecified atom stereocenters. The van der Waals surface area contributed by atoms with Crippen LogP contribution >= 0.6 is 0 Å². The Morgan fingerprint density at radius 3 is 2.75 bits per heavy atom. The Balaban J connectivity index is 2.30. The summed E-state index contributed by atoms with van der Waals surface area (Å²) in [6.07, 6.45) is 1.41. The van der Waals surface area contributed by atoms with Gasteiger partial charge in [-0.2, -0.15) is 0 Å². The lowest BCUT2D eigenvalue weighted by atomic mass is 10.2. The third-order valence-corrected chi connectivity index (χ3v) is 2.02. The van der Waals surface area contributed by atoms with Crippen LogP contribution in [0.25, 0.3) is 0 Å². The van der Waals surface area contributed by atoms with E-state index < -0.39 is 5.69 Å². The van der Waals surface area contributed by atoms with Gasteiger partial charge in [0.05, 0.1) is 11.4 Å². The van der Waals surface area contributed by atoms with Gasteiger partial charge in [-0.15, -0.1) is 0 Å². The first-order valence-corrected chi connectivity index (χ1v) is 4.62. The second-order valence-corrected chi connectivity index (χ2v) is 3.26. The van der Waals surface area contributed by atoms with Crippen molar-refractivity contribution in [2.75, 3.05) is 16.8 Å². The van der Waals surface area contributed by atoms with Crippen LogP contribution < -0.4 is 22.5 Å². The van der Waals surface area contributed by atoms with Crippen LogP contribution in [0.4, 0.5) is 22.9 Å². The SMILES string of the molecule is Nc1ccc(Nc2ccnc(=O)[nH]2)c(N)c1. The van der Waals surface area contributed by atoms with Crippen molar-refractivity contribution in [2.24, 2.45) is 0 Å². The molecular formula is C10H11N5O. The minimum Gasteiger partial charge on any atom is -0.399 e. The molecule has 0 aliphatic heterocycles. The minimum atomic E-state index is -0.418. The van der Waals surface area contributed by atoms with Crippen molar-refractivity contribution in [3.05, 3.63) is 40.9 Å². The molecule has 1 aromatic heterocycles. The van der Waals surface area contributed by atoms with Gasteiger partial charge < -0.3 is 16.8 Å². The molecule has 0 aliphatic rings. The van der Waals surface area contributed by atoms with Crippen molar-refractivity contribution >= 4 is 22.9 Å². The van der Waals surface area contributed by atoms with Gasteiger partial charge in [-0.25, -0.2) is 9.78 Å². The van der Waals surface area contributed by atoms with E-state index >= 15 is 0 Å². The van der Waals surface area contributed by atoms with Crippen LogP contribution in [0, 0.1) is 0 Å². The fraction of sp³-hybridized carbons (Fsp3) is 0. The van der Waals surface area contributed by atoms with Gasteiger partial charge in [0.2, 0.25) is 0 Å². The van der Waals surface area contributed by atoms with E-state index in [9.17, 15) is 4.79 Å². The summed E-state index contributed by atoms with van der Waals surface area (Å²) in [4.78, 5) is 17.0. The van der Waals surface area contributed by atoms with Crippen LogP contribution in [-0.2, 0) is 0 Å². The number of rotatable bonds is 2. The molecule has 16 heavy (non-hydrogen) atoms. The maximum Gasteiger partial charge on any atom is 0.346 e. The first-order valence-electron chi connectivity index (χ1n) is 4.62. The Kier molecular flexibility index (Phi) is 2.47. The summed E-state index contributed by atoms with van der Waals surface area (Å²) < 4.78 is 0. The molecule has 0 saturated carbocycles. The molecule has 2 aromatic rings. The summed E-state index contributed by atoms with van der Waals surface area (Å²) in [7, 11) is 0. The Bertz CT molecular complexity index is 563. The van der Waals surface area contributed by atoms with Crippen molar-refractivity contribution in [1.82, 2.24) is 9.97 Å². The van der Waals surface area contributed by atoms with Crippen molar-refractivity contribution in [3.63, 3.8) is 0 Å². The zero-order valence-electron chi connectivity index (χ0n) is 8.40. The molecule has 6 heteroatoms. The normalized spacial score (nSPS) is 10.0. The summed E-state index contributed by atoms with van der Waals surface area (Å²) in [6.45, 7) is 0. The van der Waals surface area contributed by atoms with Crippen LogP contribution in [-0.4, -0.2) is 9.97 Å². The van der Waals surface area contributed by atoms with Gasteiger partial charge >= 0.3 is 5.69 Å². The summed E-state index contributed by atoms with van der Waals surface area (Å²) in [6, 6.07) is 6.74. The van der Waals surface area contributed by atoms with Crippen LogP contribution in [0.15, 0.2) is 35.3 Å². The van der Waals surface area contributed by atoms with Crippen molar-refractivity contribution in [1.29, 1.82) is 0 Å². The number of nitrogens with two attached hydrogens (primary N) is 2. The first-order chi connectivity index (χ1) is 7.65. The third kappa shape index (κ3) is 2.11. The van der Waals surface area contributed by atoms with E-state index in [4.69, 9.17) is 11.5 Å². The average Bonchev–Trinajstić information content (AvgIpc) is 2.22. The highest BCUT2D eigenvalue weighted by atomic mass is 16.1. The van der Waals surface area contributed by atoms with Crippen LogP contribution in [0.5, 0.6) is 0 Å². The van der Waals surface area contributed by atoms with Crippen LogP contribution in [0.2, 0.25) is 0 Å². The van der Waals surface area contributed by atoms with Gasteiger partial charge in [0.15, 0.2) is 0 Å². The Morgan fingerprint density at radius 2 is 2.06 bits per heavy atom. The molecule has 0 aliphatic carbocycles. The Labute approximate surface area is 91.3 Å². The average molecular weight is 217 g/mol. The van der Waals surface area contributed by atoms with Crippen molar-refractivity contribution in [3.8, 4) is 0 Å². The highest BCUT2D eigenvalue weighted by Crippen LogP contribution is 2.23. The largest absolute Gasteiger partial charge is 0.399 e. The third-order valence-electron chi connectivity index (χ3n) is 2.02. The second-order valence-electron chi connectivity index (χ2n) is 3.26. The first kappa shape index (κ1) is 10.0. The smallest absolute Gasteiger partial charge is 0.346 e. The number of nitrogens with one attached hydrogen (secondary N) is 2. The van der Waals surface area contributed by atoms with E-state index in [1.165, 1.54) is 6.20 Å².